The largest absolute Gasteiger partial charge is 0.497 e. The third-order valence-corrected chi connectivity index (χ3v) is 4.12. The van der Waals surface area contributed by atoms with Crippen LogP contribution in [0.5, 0.6) is 5.75 Å². The molecule has 31 heavy (non-hydrogen) atoms. The first-order valence-corrected chi connectivity index (χ1v) is 9.09. The third-order valence-electron chi connectivity index (χ3n) is 4.12. The molecule has 0 unspecified atom stereocenters. The average molecular weight is 427 g/mol. The number of carboxylic acids is 1. The Morgan fingerprint density at radius 2 is 1.74 bits per heavy atom. The second kappa shape index (κ2) is 11.1. The van der Waals surface area contributed by atoms with Crippen LogP contribution in [-0.2, 0) is 11.3 Å². The van der Waals surface area contributed by atoms with Gasteiger partial charge < -0.3 is 24.7 Å². The van der Waals surface area contributed by atoms with E-state index in [-0.39, 0.29) is 24.5 Å². The SMILES string of the molecule is COc1ccc(C(=O)O)cc1.Cc1ncc([N+](=O)[O-])n1CCOC(=O)c1ccccc1. The molecule has 0 spiro atoms. The summed E-state index contributed by atoms with van der Waals surface area (Å²) in [4.78, 5) is 36.2. The molecule has 0 fully saturated rings. The molecule has 0 saturated heterocycles. The maximum absolute atomic E-state index is 11.7. The maximum atomic E-state index is 11.7. The number of methoxy groups -OCH3 is 1. The van der Waals surface area contributed by atoms with Crippen LogP contribution in [0.1, 0.15) is 26.5 Å². The summed E-state index contributed by atoms with van der Waals surface area (Å²) in [7, 11) is 1.54. The first-order chi connectivity index (χ1) is 14.8. The van der Waals surface area contributed by atoms with Gasteiger partial charge in [-0.05, 0) is 41.3 Å². The number of nitro groups is 1. The molecule has 3 aromatic rings. The van der Waals surface area contributed by atoms with E-state index >= 15 is 0 Å². The molecule has 0 atom stereocenters. The quantitative estimate of drug-likeness (QED) is 0.345. The molecule has 1 aromatic heterocycles. The van der Waals surface area contributed by atoms with Gasteiger partial charge in [0.15, 0.2) is 5.82 Å². The molecule has 0 aliphatic carbocycles. The highest BCUT2D eigenvalue weighted by molar-refractivity contribution is 5.89. The minimum absolute atomic E-state index is 0.0474. The van der Waals surface area contributed by atoms with E-state index in [2.05, 4.69) is 4.98 Å². The van der Waals surface area contributed by atoms with Gasteiger partial charge in [-0.15, -0.1) is 0 Å². The molecule has 1 N–H and O–H groups in total. The molecule has 0 aliphatic rings. The van der Waals surface area contributed by atoms with Crippen molar-refractivity contribution in [3.8, 4) is 5.75 Å². The van der Waals surface area contributed by atoms with Crippen LogP contribution in [0.3, 0.4) is 0 Å². The molecule has 0 bridgehead atoms. The van der Waals surface area contributed by atoms with Gasteiger partial charge >= 0.3 is 17.8 Å². The normalized spacial score (nSPS) is 9.87. The second-order valence-corrected chi connectivity index (χ2v) is 6.11. The van der Waals surface area contributed by atoms with E-state index in [1.807, 2.05) is 0 Å². The number of benzene rings is 2. The lowest BCUT2D eigenvalue weighted by Gasteiger charge is -2.05. The van der Waals surface area contributed by atoms with E-state index in [1.165, 1.54) is 30.0 Å². The molecule has 1 heterocycles. The van der Waals surface area contributed by atoms with Crippen molar-refractivity contribution >= 4 is 17.8 Å². The number of carbonyl (C=O) groups is 2. The summed E-state index contributed by atoms with van der Waals surface area (Å²) in [5.74, 6) is -0.320. The maximum Gasteiger partial charge on any atom is 0.342 e. The first kappa shape index (κ1) is 23.1. The summed E-state index contributed by atoms with van der Waals surface area (Å²) in [5.41, 5.74) is 0.718. The number of hydrogen-bond donors (Lipinski definition) is 1. The lowest BCUT2D eigenvalue weighted by atomic mass is 10.2. The molecule has 2 aromatic carbocycles. The standard InChI is InChI=1S/C13H13N3O4.C8H8O3/c1-10-14-9-12(16(18)19)15(10)7-8-20-13(17)11-5-3-2-4-6-11;1-11-7-4-2-6(3-5-7)8(9)10/h2-6,9H,7-8H2,1H3;2-5H,1H3,(H,9,10). The number of imidazole rings is 1. The molecule has 162 valence electrons. The fourth-order valence-electron chi connectivity index (χ4n) is 2.50. The van der Waals surface area contributed by atoms with Gasteiger partial charge in [0.2, 0.25) is 0 Å². The highest BCUT2D eigenvalue weighted by Gasteiger charge is 2.17. The van der Waals surface area contributed by atoms with E-state index in [1.54, 1.807) is 49.4 Å². The van der Waals surface area contributed by atoms with Crippen molar-refractivity contribution in [2.45, 2.75) is 13.5 Å². The summed E-state index contributed by atoms with van der Waals surface area (Å²) in [6.45, 7) is 1.90. The van der Waals surface area contributed by atoms with Gasteiger partial charge in [0.1, 0.15) is 25.1 Å². The predicted octanol–water partition coefficient (Wildman–Crippen LogP) is 3.35. The number of carboxylic acid groups (broad SMARTS) is 1. The summed E-state index contributed by atoms with van der Waals surface area (Å²) < 4.78 is 11.3. The zero-order valence-electron chi connectivity index (χ0n) is 16.9. The zero-order valence-corrected chi connectivity index (χ0v) is 16.9. The number of rotatable bonds is 7. The number of aryl methyl sites for hydroxylation is 1. The minimum Gasteiger partial charge on any atom is -0.497 e. The Bertz CT molecular complexity index is 1030. The fourth-order valence-corrected chi connectivity index (χ4v) is 2.50. The number of aromatic nitrogens is 2. The van der Waals surface area contributed by atoms with Crippen molar-refractivity contribution in [3.05, 3.63) is 87.9 Å². The smallest absolute Gasteiger partial charge is 0.342 e. The summed E-state index contributed by atoms with van der Waals surface area (Å²) in [6.07, 6.45) is 1.19. The Morgan fingerprint density at radius 1 is 1.10 bits per heavy atom. The Hall–Kier alpha value is -4.21. The van der Waals surface area contributed by atoms with Gasteiger partial charge in [-0.3, -0.25) is 0 Å². The Balaban J connectivity index is 0.000000262. The van der Waals surface area contributed by atoms with Crippen LogP contribution in [-0.4, -0.2) is 45.2 Å². The van der Waals surface area contributed by atoms with Gasteiger partial charge in [0.25, 0.3) is 0 Å². The molecule has 3 rings (SSSR count). The molecular weight excluding hydrogens is 406 g/mol. The van der Waals surface area contributed by atoms with Crippen LogP contribution in [0.4, 0.5) is 5.82 Å². The molecule has 10 heteroatoms. The Labute approximate surface area is 177 Å². The molecular formula is C21H21N3O7. The van der Waals surface area contributed by atoms with Crippen LogP contribution in [0.25, 0.3) is 0 Å². The molecule has 0 saturated carbocycles. The van der Waals surface area contributed by atoms with Gasteiger partial charge in [0.05, 0.1) is 18.2 Å². The van der Waals surface area contributed by atoms with Crippen molar-refractivity contribution in [1.82, 2.24) is 9.55 Å². The molecule has 0 radical (unpaired) electrons. The summed E-state index contributed by atoms with van der Waals surface area (Å²) >= 11 is 0. The lowest BCUT2D eigenvalue weighted by molar-refractivity contribution is -0.392. The number of nitrogens with zero attached hydrogens (tertiary/aromatic N) is 3. The number of carbonyl (C=O) groups excluding carboxylic acids is 1. The number of hydrogen-bond acceptors (Lipinski definition) is 7. The van der Waals surface area contributed by atoms with Crippen molar-refractivity contribution in [2.24, 2.45) is 0 Å². The van der Waals surface area contributed by atoms with Crippen LogP contribution in [0.15, 0.2) is 60.8 Å². The van der Waals surface area contributed by atoms with E-state index in [4.69, 9.17) is 14.6 Å². The zero-order chi connectivity index (χ0) is 22.8. The van der Waals surface area contributed by atoms with E-state index in [0.717, 1.165) is 0 Å². The van der Waals surface area contributed by atoms with E-state index in [0.29, 0.717) is 17.1 Å². The topological polar surface area (TPSA) is 134 Å². The minimum atomic E-state index is -0.923. The average Bonchev–Trinajstić information content (AvgIpc) is 3.15. The Kier molecular flexibility index (Phi) is 8.26. The highest BCUT2D eigenvalue weighted by Crippen LogP contribution is 2.13. The predicted molar refractivity (Wildman–Crippen MR) is 110 cm³/mol. The van der Waals surface area contributed by atoms with Gasteiger partial charge in [-0.1, -0.05) is 18.2 Å². The third kappa shape index (κ3) is 6.67. The van der Waals surface area contributed by atoms with Crippen molar-refractivity contribution in [3.63, 3.8) is 0 Å². The van der Waals surface area contributed by atoms with Gasteiger partial charge in [0, 0.05) is 6.92 Å². The second-order valence-electron chi connectivity index (χ2n) is 6.11. The molecule has 0 amide bonds. The summed E-state index contributed by atoms with van der Waals surface area (Å²) in [6, 6.07) is 14.8. The number of esters is 1. The van der Waals surface area contributed by atoms with E-state index in [9.17, 15) is 19.7 Å². The van der Waals surface area contributed by atoms with Crippen molar-refractivity contribution in [2.75, 3.05) is 13.7 Å². The van der Waals surface area contributed by atoms with Gasteiger partial charge in [-0.25, -0.2) is 19.1 Å². The fraction of sp³-hybridized carbons (Fsp3) is 0.190. The number of ether oxygens (including phenoxy) is 2. The molecule has 0 aliphatic heterocycles. The van der Waals surface area contributed by atoms with Crippen LogP contribution in [0, 0.1) is 17.0 Å². The first-order valence-electron chi connectivity index (χ1n) is 9.09. The van der Waals surface area contributed by atoms with E-state index < -0.39 is 16.9 Å². The van der Waals surface area contributed by atoms with Crippen LogP contribution < -0.4 is 4.74 Å². The summed E-state index contributed by atoms with van der Waals surface area (Å²) in [5, 5.41) is 19.3. The number of aromatic carboxylic acids is 1. The monoisotopic (exact) mass is 427 g/mol. The highest BCUT2D eigenvalue weighted by atomic mass is 16.6. The van der Waals surface area contributed by atoms with Gasteiger partial charge in [-0.2, -0.15) is 0 Å². The van der Waals surface area contributed by atoms with Crippen molar-refractivity contribution in [1.29, 1.82) is 0 Å². The van der Waals surface area contributed by atoms with Crippen LogP contribution in [0.2, 0.25) is 0 Å². The Morgan fingerprint density at radius 3 is 2.29 bits per heavy atom. The van der Waals surface area contributed by atoms with Crippen LogP contribution >= 0.6 is 0 Å². The van der Waals surface area contributed by atoms with Crippen molar-refractivity contribution < 1.29 is 29.1 Å². The molecule has 10 nitrogen and oxygen atoms in total. The lowest BCUT2D eigenvalue weighted by Crippen LogP contribution is -2.13.